The standard InChI is InChI=1S/C15H14N6/c1-11-19-9-14(13-7-17-10-18-8-13)15(21-11)20-6-12-2-4-16-5-3-12/h2-5,7-10H,6H2,1H3,(H,19,20,21). The van der Waals surface area contributed by atoms with Crippen molar-refractivity contribution < 1.29 is 0 Å². The van der Waals surface area contributed by atoms with E-state index in [0.29, 0.717) is 12.4 Å². The lowest BCUT2D eigenvalue weighted by atomic mass is 10.1. The number of aryl methyl sites for hydroxylation is 1. The Morgan fingerprint density at radius 3 is 2.52 bits per heavy atom. The molecule has 0 saturated heterocycles. The third-order valence-corrected chi connectivity index (χ3v) is 2.99. The van der Waals surface area contributed by atoms with E-state index in [1.165, 1.54) is 6.33 Å². The molecule has 21 heavy (non-hydrogen) atoms. The Bertz CT molecular complexity index is 715. The van der Waals surface area contributed by atoms with Crippen molar-refractivity contribution >= 4 is 5.82 Å². The maximum atomic E-state index is 4.47. The number of hydrogen-bond donors (Lipinski definition) is 1. The Balaban J connectivity index is 1.89. The van der Waals surface area contributed by atoms with Crippen LogP contribution in [0.4, 0.5) is 5.82 Å². The van der Waals surface area contributed by atoms with Crippen molar-refractivity contribution in [3.63, 3.8) is 0 Å². The van der Waals surface area contributed by atoms with Crippen LogP contribution in [0.25, 0.3) is 11.1 Å². The highest BCUT2D eigenvalue weighted by atomic mass is 15.0. The fourth-order valence-electron chi connectivity index (χ4n) is 1.94. The number of nitrogens with zero attached hydrogens (tertiary/aromatic N) is 5. The van der Waals surface area contributed by atoms with Gasteiger partial charge in [-0.1, -0.05) is 0 Å². The maximum Gasteiger partial charge on any atom is 0.137 e. The van der Waals surface area contributed by atoms with Crippen molar-refractivity contribution in [3.05, 3.63) is 60.8 Å². The summed E-state index contributed by atoms with van der Waals surface area (Å²) >= 11 is 0. The molecule has 104 valence electrons. The zero-order valence-corrected chi connectivity index (χ0v) is 11.6. The van der Waals surface area contributed by atoms with Crippen LogP contribution in [0.3, 0.4) is 0 Å². The first-order valence-corrected chi connectivity index (χ1v) is 6.55. The van der Waals surface area contributed by atoms with Crippen LogP contribution in [0, 0.1) is 6.92 Å². The van der Waals surface area contributed by atoms with Crippen LogP contribution in [-0.2, 0) is 6.54 Å². The lowest BCUT2D eigenvalue weighted by Crippen LogP contribution is -2.05. The van der Waals surface area contributed by atoms with Crippen molar-refractivity contribution in [3.8, 4) is 11.1 Å². The van der Waals surface area contributed by atoms with Gasteiger partial charge in [0.25, 0.3) is 0 Å². The number of rotatable bonds is 4. The van der Waals surface area contributed by atoms with E-state index in [9.17, 15) is 0 Å². The molecular formula is C15H14N6. The SMILES string of the molecule is Cc1ncc(-c2cncnc2)c(NCc2ccncc2)n1. The minimum Gasteiger partial charge on any atom is -0.365 e. The van der Waals surface area contributed by atoms with E-state index >= 15 is 0 Å². The molecule has 0 spiro atoms. The monoisotopic (exact) mass is 278 g/mol. The fraction of sp³-hybridized carbons (Fsp3) is 0.133. The van der Waals surface area contributed by atoms with Crippen LogP contribution >= 0.6 is 0 Å². The number of anilines is 1. The van der Waals surface area contributed by atoms with E-state index in [-0.39, 0.29) is 0 Å². The van der Waals surface area contributed by atoms with Crippen LogP contribution in [-0.4, -0.2) is 24.9 Å². The summed E-state index contributed by atoms with van der Waals surface area (Å²) in [5.74, 6) is 1.49. The van der Waals surface area contributed by atoms with Gasteiger partial charge in [0.15, 0.2) is 0 Å². The van der Waals surface area contributed by atoms with E-state index in [4.69, 9.17) is 0 Å². The highest BCUT2D eigenvalue weighted by Gasteiger charge is 2.08. The second kappa shape index (κ2) is 6.04. The van der Waals surface area contributed by atoms with Crippen LogP contribution in [0.2, 0.25) is 0 Å². The van der Waals surface area contributed by atoms with Crippen LogP contribution in [0.1, 0.15) is 11.4 Å². The Morgan fingerprint density at radius 1 is 1.00 bits per heavy atom. The minimum absolute atomic E-state index is 0.666. The average molecular weight is 278 g/mol. The molecule has 0 atom stereocenters. The Kier molecular flexibility index (Phi) is 3.77. The fourth-order valence-corrected chi connectivity index (χ4v) is 1.94. The predicted molar refractivity (Wildman–Crippen MR) is 79.4 cm³/mol. The second-order valence-corrected chi connectivity index (χ2v) is 4.52. The summed E-state index contributed by atoms with van der Waals surface area (Å²) in [6.45, 7) is 2.53. The molecule has 3 rings (SSSR count). The summed E-state index contributed by atoms with van der Waals surface area (Å²) in [7, 11) is 0. The molecule has 1 N–H and O–H groups in total. The summed E-state index contributed by atoms with van der Waals surface area (Å²) in [6, 6.07) is 3.93. The van der Waals surface area contributed by atoms with Gasteiger partial charge in [-0.3, -0.25) is 4.98 Å². The van der Waals surface area contributed by atoms with Crippen LogP contribution < -0.4 is 5.32 Å². The number of pyridine rings is 1. The molecule has 0 aromatic carbocycles. The topological polar surface area (TPSA) is 76.5 Å². The zero-order chi connectivity index (χ0) is 14.5. The molecule has 6 nitrogen and oxygen atoms in total. The van der Waals surface area contributed by atoms with Gasteiger partial charge in [0.2, 0.25) is 0 Å². The number of aromatic nitrogens is 5. The lowest BCUT2D eigenvalue weighted by Gasteiger charge is -2.11. The molecule has 3 heterocycles. The van der Waals surface area contributed by atoms with E-state index in [2.05, 4.69) is 30.2 Å². The molecule has 0 saturated carbocycles. The van der Waals surface area contributed by atoms with Gasteiger partial charge >= 0.3 is 0 Å². The first-order valence-electron chi connectivity index (χ1n) is 6.55. The van der Waals surface area contributed by atoms with Crippen LogP contribution in [0.5, 0.6) is 0 Å². The lowest BCUT2D eigenvalue weighted by molar-refractivity contribution is 1.02. The summed E-state index contributed by atoms with van der Waals surface area (Å²) in [5.41, 5.74) is 2.90. The summed E-state index contributed by atoms with van der Waals surface area (Å²) in [6.07, 6.45) is 10.3. The average Bonchev–Trinajstić information content (AvgIpc) is 2.55. The molecule has 0 bridgehead atoms. The maximum absolute atomic E-state index is 4.47. The summed E-state index contributed by atoms with van der Waals surface area (Å²) in [5, 5.41) is 3.33. The van der Waals surface area contributed by atoms with Crippen molar-refractivity contribution in [2.45, 2.75) is 13.5 Å². The van der Waals surface area contributed by atoms with Gasteiger partial charge in [0.1, 0.15) is 18.0 Å². The van der Waals surface area contributed by atoms with Gasteiger partial charge in [-0.05, 0) is 24.6 Å². The van der Waals surface area contributed by atoms with Gasteiger partial charge in [0, 0.05) is 48.7 Å². The number of nitrogens with one attached hydrogen (secondary N) is 1. The molecule has 0 aliphatic rings. The van der Waals surface area contributed by atoms with E-state index < -0.39 is 0 Å². The third-order valence-electron chi connectivity index (χ3n) is 2.99. The Hall–Kier alpha value is -2.89. The zero-order valence-electron chi connectivity index (χ0n) is 11.6. The molecule has 0 radical (unpaired) electrons. The van der Waals surface area contributed by atoms with Gasteiger partial charge in [0.05, 0.1) is 0 Å². The van der Waals surface area contributed by atoms with Crippen molar-refractivity contribution in [1.82, 2.24) is 24.9 Å². The van der Waals surface area contributed by atoms with Gasteiger partial charge in [-0.15, -0.1) is 0 Å². The highest BCUT2D eigenvalue weighted by molar-refractivity contribution is 5.73. The first kappa shape index (κ1) is 13.1. The molecular weight excluding hydrogens is 264 g/mol. The van der Waals surface area contributed by atoms with E-state index in [1.807, 2.05) is 19.1 Å². The quantitative estimate of drug-likeness (QED) is 0.788. The summed E-state index contributed by atoms with van der Waals surface area (Å²) in [4.78, 5) is 20.8. The van der Waals surface area contributed by atoms with Crippen molar-refractivity contribution in [1.29, 1.82) is 0 Å². The number of hydrogen-bond acceptors (Lipinski definition) is 6. The molecule has 3 aromatic rings. The van der Waals surface area contributed by atoms with Gasteiger partial charge in [-0.25, -0.2) is 19.9 Å². The third kappa shape index (κ3) is 3.17. The normalized spacial score (nSPS) is 10.3. The molecule has 3 aromatic heterocycles. The molecule has 0 amide bonds. The smallest absolute Gasteiger partial charge is 0.137 e. The Labute approximate surface area is 122 Å². The molecule has 6 heteroatoms. The molecule has 0 aliphatic carbocycles. The molecule has 0 unspecified atom stereocenters. The minimum atomic E-state index is 0.666. The van der Waals surface area contributed by atoms with E-state index in [1.54, 1.807) is 31.0 Å². The van der Waals surface area contributed by atoms with Crippen molar-refractivity contribution in [2.75, 3.05) is 5.32 Å². The van der Waals surface area contributed by atoms with Gasteiger partial charge in [-0.2, -0.15) is 0 Å². The van der Waals surface area contributed by atoms with E-state index in [0.717, 1.165) is 22.5 Å². The largest absolute Gasteiger partial charge is 0.365 e. The van der Waals surface area contributed by atoms with Crippen LogP contribution in [0.15, 0.2) is 49.4 Å². The molecule has 0 aliphatic heterocycles. The first-order chi connectivity index (χ1) is 10.3. The van der Waals surface area contributed by atoms with Crippen molar-refractivity contribution in [2.24, 2.45) is 0 Å². The summed E-state index contributed by atoms with van der Waals surface area (Å²) < 4.78 is 0. The second-order valence-electron chi connectivity index (χ2n) is 4.52. The molecule has 0 fully saturated rings. The van der Waals surface area contributed by atoms with Gasteiger partial charge < -0.3 is 5.32 Å². The predicted octanol–water partition coefficient (Wildman–Crippen LogP) is 2.25. The Morgan fingerprint density at radius 2 is 1.76 bits per heavy atom. The highest BCUT2D eigenvalue weighted by Crippen LogP contribution is 2.24.